The van der Waals surface area contributed by atoms with Gasteiger partial charge in [-0.1, -0.05) is 18.2 Å². The summed E-state index contributed by atoms with van der Waals surface area (Å²) in [6.45, 7) is 6.98. The molecule has 1 atom stereocenters. The molecule has 5 heteroatoms. The van der Waals surface area contributed by atoms with Gasteiger partial charge in [0.05, 0.1) is 6.04 Å². The molecule has 1 amide bonds. The molecule has 1 N–H and O–H groups in total. The molecule has 0 bridgehead atoms. The number of Topliss-reactive ketones (excluding diaryl/α,β-unsaturated/α-hetero) is 1. The number of benzene rings is 2. The van der Waals surface area contributed by atoms with E-state index in [1.165, 1.54) is 0 Å². The molecule has 1 aliphatic heterocycles. The zero-order valence-electron chi connectivity index (χ0n) is 16.0. The van der Waals surface area contributed by atoms with Crippen LogP contribution in [0.15, 0.2) is 36.4 Å². The summed E-state index contributed by atoms with van der Waals surface area (Å²) >= 11 is 0. The van der Waals surface area contributed by atoms with E-state index in [0.29, 0.717) is 24.5 Å². The van der Waals surface area contributed by atoms with Crippen molar-refractivity contribution in [2.45, 2.75) is 39.7 Å². The maximum Gasteiger partial charge on any atom is 0.220 e. The molecule has 1 unspecified atom stereocenters. The minimum atomic E-state index is -0.176. The lowest BCUT2D eigenvalue weighted by Gasteiger charge is -2.21. The van der Waals surface area contributed by atoms with E-state index in [9.17, 15) is 9.59 Å². The van der Waals surface area contributed by atoms with Gasteiger partial charge in [-0.15, -0.1) is 0 Å². The van der Waals surface area contributed by atoms with Crippen LogP contribution in [0.2, 0.25) is 0 Å². The highest BCUT2D eigenvalue weighted by Crippen LogP contribution is 2.32. The molecule has 0 aliphatic carbocycles. The Morgan fingerprint density at radius 1 is 0.963 bits per heavy atom. The number of ether oxygens (including phenoxy) is 2. The lowest BCUT2D eigenvalue weighted by molar-refractivity contribution is -0.121. The van der Waals surface area contributed by atoms with Crippen LogP contribution in [0.5, 0.6) is 11.5 Å². The van der Waals surface area contributed by atoms with Crippen molar-refractivity contribution in [1.29, 1.82) is 0 Å². The molecule has 2 aromatic rings. The van der Waals surface area contributed by atoms with Gasteiger partial charge in [-0.25, -0.2) is 0 Å². The van der Waals surface area contributed by atoms with Crippen LogP contribution in [-0.2, 0) is 4.79 Å². The number of ketones is 1. The quantitative estimate of drug-likeness (QED) is 0.786. The monoisotopic (exact) mass is 367 g/mol. The summed E-state index contributed by atoms with van der Waals surface area (Å²) in [5.74, 6) is 1.27. The highest BCUT2D eigenvalue weighted by atomic mass is 16.6. The van der Waals surface area contributed by atoms with Gasteiger partial charge >= 0.3 is 0 Å². The highest BCUT2D eigenvalue weighted by Gasteiger charge is 2.16. The number of carbonyl (C=O) groups is 2. The lowest BCUT2D eigenvalue weighted by atomic mass is 10.0. The van der Waals surface area contributed by atoms with E-state index in [-0.39, 0.29) is 30.6 Å². The molecule has 1 aliphatic rings. The largest absolute Gasteiger partial charge is 0.486 e. The standard InChI is InChI=1S/C22H25NO4/c1-14-4-5-18(12-15(14)2)19(24)7-9-22(25)23-16(3)17-6-8-20-21(13-17)27-11-10-26-20/h4-6,8,12-13,16H,7,9-11H2,1-3H3,(H,23,25). The van der Waals surface area contributed by atoms with Gasteiger partial charge in [0.2, 0.25) is 5.91 Å². The average Bonchev–Trinajstić information content (AvgIpc) is 2.67. The fourth-order valence-corrected chi connectivity index (χ4v) is 3.01. The number of rotatable bonds is 6. The van der Waals surface area contributed by atoms with Gasteiger partial charge < -0.3 is 14.8 Å². The molecule has 27 heavy (non-hydrogen) atoms. The molecule has 142 valence electrons. The zero-order valence-corrected chi connectivity index (χ0v) is 16.0. The first-order chi connectivity index (χ1) is 12.9. The van der Waals surface area contributed by atoms with Crippen LogP contribution in [0.25, 0.3) is 0 Å². The fourth-order valence-electron chi connectivity index (χ4n) is 3.01. The molecule has 0 fully saturated rings. The minimum absolute atomic E-state index is 0.0137. The SMILES string of the molecule is Cc1ccc(C(=O)CCC(=O)NC(C)c2ccc3c(c2)OCCO3)cc1C. The van der Waals surface area contributed by atoms with Crippen LogP contribution in [-0.4, -0.2) is 24.9 Å². The van der Waals surface area contributed by atoms with Gasteiger partial charge in [0.15, 0.2) is 17.3 Å². The Balaban J connectivity index is 1.54. The normalized spacial score (nSPS) is 13.7. The van der Waals surface area contributed by atoms with Gasteiger partial charge in [0, 0.05) is 18.4 Å². The maximum absolute atomic E-state index is 12.3. The predicted octanol–water partition coefficient (Wildman–Crippen LogP) is 3.91. The van der Waals surface area contributed by atoms with Crippen LogP contribution in [0.3, 0.4) is 0 Å². The van der Waals surface area contributed by atoms with Crippen molar-refractivity contribution in [1.82, 2.24) is 5.32 Å². The molecule has 0 saturated carbocycles. The van der Waals surface area contributed by atoms with Gasteiger partial charge in [0.25, 0.3) is 0 Å². The third-order valence-electron chi connectivity index (χ3n) is 4.85. The van der Waals surface area contributed by atoms with E-state index in [1.54, 1.807) is 0 Å². The zero-order chi connectivity index (χ0) is 19.4. The molecule has 2 aromatic carbocycles. The summed E-state index contributed by atoms with van der Waals surface area (Å²) in [6.07, 6.45) is 0.364. The van der Waals surface area contributed by atoms with Gasteiger partial charge in [-0.3, -0.25) is 9.59 Å². The summed E-state index contributed by atoms with van der Waals surface area (Å²) in [6, 6.07) is 11.1. The Hall–Kier alpha value is -2.82. The van der Waals surface area contributed by atoms with Crippen LogP contribution >= 0.6 is 0 Å². The van der Waals surface area contributed by atoms with Crippen LogP contribution < -0.4 is 14.8 Å². The van der Waals surface area contributed by atoms with E-state index >= 15 is 0 Å². The highest BCUT2D eigenvalue weighted by molar-refractivity contribution is 5.98. The van der Waals surface area contributed by atoms with Crippen molar-refractivity contribution in [3.8, 4) is 11.5 Å². The van der Waals surface area contributed by atoms with Gasteiger partial charge in [-0.05, 0) is 55.7 Å². The molecule has 0 saturated heterocycles. The van der Waals surface area contributed by atoms with Crippen LogP contribution in [0.1, 0.15) is 52.9 Å². The Morgan fingerprint density at radius 3 is 2.44 bits per heavy atom. The number of hydrogen-bond acceptors (Lipinski definition) is 4. The van der Waals surface area contributed by atoms with Crippen molar-refractivity contribution in [2.24, 2.45) is 0 Å². The molecular formula is C22H25NO4. The molecule has 0 aromatic heterocycles. The van der Waals surface area contributed by atoms with E-state index < -0.39 is 0 Å². The van der Waals surface area contributed by atoms with E-state index in [2.05, 4.69) is 5.32 Å². The summed E-state index contributed by atoms with van der Waals surface area (Å²) in [4.78, 5) is 24.6. The summed E-state index contributed by atoms with van der Waals surface area (Å²) in [5.41, 5.74) is 3.83. The van der Waals surface area contributed by atoms with E-state index in [1.807, 2.05) is 57.2 Å². The molecule has 0 radical (unpaired) electrons. The summed E-state index contributed by atoms with van der Waals surface area (Å²) in [7, 11) is 0. The Labute approximate surface area is 159 Å². The third kappa shape index (κ3) is 4.67. The smallest absolute Gasteiger partial charge is 0.220 e. The molecule has 3 rings (SSSR count). The van der Waals surface area contributed by atoms with Crippen molar-refractivity contribution >= 4 is 11.7 Å². The number of fused-ring (bicyclic) bond motifs is 1. The number of nitrogens with one attached hydrogen (secondary N) is 1. The molecule has 0 spiro atoms. The van der Waals surface area contributed by atoms with Gasteiger partial charge in [-0.2, -0.15) is 0 Å². The maximum atomic E-state index is 12.3. The first kappa shape index (κ1) is 19.0. The number of carbonyl (C=O) groups excluding carboxylic acids is 2. The molecule has 1 heterocycles. The van der Waals surface area contributed by atoms with Crippen molar-refractivity contribution in [3.63, 3.8) is 0 Å². The number of amides is 1. The van der Waals surface area contributed by atoms with E-state index in [4.69, 9.17) is 9.47 Å². The average molecular weight is 367 g/mol. The van der Waals surface area contributed by atoms with Crippen LogP contribution in [0.4, 0.5) is 0 Å². The molecule has 5 nitrogen and oxygen atoms in total. The Morgan fingerprint density at radius 2 is 1.70 bits per heavy atom. The Bertz CT molecular complexity index is 859. The first-order valence-electron chi connectivity index (χ1n) is 9.23. The topological polar surface area (TPSA) is 64.6 Å². The number of aryl methyl sites for hydroxylation is 2. The van der Waals surface area contributed by atoms with Crippen molar-refractivity contribution < 1.29 is 19.1 Å². The third-order valence-corrected chi connectivity index (χ3v) is 4.85. The Kier molecular flexibility index (Phi) is 5.79. The van der Waals surface area contributed by atoms with Crippen molar-refractivity contribution in [2.75, 3.05) is 13.2 Å². The second-order valence-corrected chi connectivity index (χ2v) is 6.91. The first-order valence-corrected chi connectivity index (χ1v) is 9.23. The van der Waals surface area contributed by atoms with E-state index in [0.717, 1.165) is 22.4 Å². The second-order valence-electron chi connectivity index (χ2n) is 6.91. The molecular weight excluding hydrogens is 342 g/mol. The lowest BCUT2D eigenvalue weighted by Crippen LogP contribution is -2.27. The second kappa shape index (κ2) is 8.25. The van der Waals surface area contributed by atoms with Crippen molar-refractivity contribution in [3.05, 3.63) is 58.7 Å². The summed E-state index contributed by atoms with van der Waals surface area (Å²) < 4.78 is 11.1. The predicted molar refractivity (Wildman–Crippen MR) is 103 cm³/mol. The minimum Gasteiger partial charge on any atom is -0.486 e. The fraction of sp³-hybridized carbons (Fsp3) is 0.364. The van der Waals surface area contributed by atoms with Crippen LogP contribution in [0, 0.1) is 13.8 Å². The summed E-state index contributed by atoms with van der Waals surface area (Å²) in [5, 5.41) is 2.94. The van der Waals surface area contributed by atoms with Gasteiger partial charge in [0.1, 0.15) is 13.2 Å². The number of hydrogen-bond donors (Lipinski definition) is 1.